The van der Waals surface area contributed by atoms with Crippen molar-refractivity contribution in [3.05, 3.63) is 65.1 Å². The van der Waals surface area contributed by atoms with Gasteiger partial charge in [-0.3, -0.25) is 0 Å². The van der Waals surface area contributed by atoms with Gasteiger partial charge in [0, 0.05) is 10.2 Å². The van der Waals surface area contributed by atoms with Crippen LogP contribution in [0.2, 0.25) is 0 Å². The van der Waals surface area contributed by atoms with Gasteiger partial charge in [-0.2, -0.15) is 0 Å². The summed E-state index contributed by atoms with van der Waals surface area (Å²) in [7, 11) is 0. The lowest BCUT2D eigenvalue weighted by atomic mass is 10.3. The van der Waals surface area contributed by atoms with Gasteiger partial charge in [0.05, 0.1) is 5.69 Å². The summed E-state index contributed by atoms with van der Waals surface area (Å²) in [6.07, 6.45) is 1.36. The molecule has 0 saturated heterocycles. The molecule has 7 heteroatoms. The van der Waals surface area contributed by atoms with Crippen LogP contribution in [-0.4, -0.2) is 9.97 Å². The number of nitrogens with one attached hydrogen (secondary N) is 2. The molecule has 0 fully saturated rings. The molecule has 0 radical (unpaired) electrons. The molecule has 0 saturated carbocycles. The molecule has 116 valence electrons. The van der Waals surface area contributed by atoms with Gasteiger partial charge in [0.15, 0.2) is 11.6 Å². The lowest BCUT2D eigenvalue weighted by Gasteiger charge is -2.13. The first kappa shape index (κ1) is 15.2. The van der Waals surface area contributed by atoms with Gasteiger partial charge < -0.3 is 16.4 Å². The minimum absolute atomic E-state index is 0.298. The highest BCUT2D eigenvalue weighted by Crippen LogP contribution is 2.29. The maximum atomic E-state index is 13.7. The van der Waals surface area contributed by atoms with Gasteiger partial charge in [-0.05, 0) is 30.3 Å². The Kier molecular flexibility index (Phi) is 4.38. The number of para-hydroxylation sites is 1. The van der Waals surface area contributed by atoms with Crippen LogP contribution in [0.25, 0.3) is 0 Å². The molecular weight excluding hydrogens is 361 g/mol. The van der Waals surface area contributed by atoms with Crippen molar-refractivity contribution in [1.82, 2.24) is 9.97 Å². The van der Waals surface area contributed by atoms with Crippen molar-refractivity contribution in [3.63, 3.8) is 0 Å². The molecule has 0 aliphatic rings. The van der Waals surface area contributed by atoms with E-state index < -0.39 is 0 Å². The van der Waals surface area contributed by atoms with E-state index in [9.17, 15) is 4.39 Å². The largest absolute Gasteiger partial charge is 0.393 e. The van der Waals surface area contributed by atoms with Gasteiger partial charge in [-0.25, -0.2) is 14.4 Å². The molecule has 0 atom stereocenters. The average molecular weight is 374 g/mol. The van der Waals surface area contributed by atoms with E-state index >= 15 is 0 Å². The molecule has 0 aliphatic heterocycles. The van der Waals surface area contributed by atoms with Crippen molar-refractivity contribution in [2.45, 2.75) is 0 Å². The molecule has 5 nitrogen and oxygen atoms in total. The van der Waals surface area contributed by atoms with Gasteiger partial charge >= 0.3 is 0 Å². The van der Waals surface area contributed by atoms with Crippen LogP contribution in [0.1, 0.15) is 0 Å². The summed E-state index contributed by atoms with van der Waals surface area (Å²) in [5.41, 5.74) is 7.50. The Labute approximate surface area is 140 Å². The Morgan fingerprint density at radius 2 is 1.70 bits per heavy atom. The molecule has 3 aromatic rings. The Balaban J connectivity index is 1.88. The summed E-state index contributed by atoms with van der Waals surface area (Å²) in [5, 5.41) is 5.99. The van der Waals surface area contributed by atoms with Gasteiger partial charge in [0.2, 0.25) is 0 Å². The van der Waals surface area contributed by atoms with Gasteiger partial charge in [-0.1, -0.05) is 34.1 Å². The van der Waals surface area contributed by atoms with Crippen LogP contribution < -0.4 is 16.4 Å². The van der Waals surface area contributed by atoms with E-state index in [4.69, 9.17) is 5.73 Å². The van der Waals surface area contributed by atoms with Crippen LogP contribution in [0.3, 0.4) is 0 Å². The average Bonchev–Trinajstić information content (AvgIpc) is 2.53. The fourth-order valence-electron chi connectivity index (χ4n) is 1.99. The fraction of sp³-hybridized carbons (Fsp3) is 0. The second-order valence-electron chi connectivity index (χ2n) is 4.72. The summed E-state index contributed by atoms with van der Waals surface area (Å²) >= 11 is 3.40. The van der Waals surface area contributed by atoms with Crippen molar-refractivity contribution < 1.29 is 4.39 Å². The third-order valence-electron chi connectivity index (χ3n) is 3.10. The lowest BCUT2D eigenvalue weighted by Crippen LogP contribution is -2.05. The lowest BCUT2D eigenvalue weighted by molar-refractivity contribution is 0.632. The number of hydrogen-bond donors (Lipinski definition) is 3. The number of nitrogens with zero attached hydrogens (tertiary/aromatic N) is 2. The number of aromatic nitrogens is 2. The Hall–Kier alpha value is -2.67. The van der Waals surface area contributed by atoms with Gasteiger partial charge in [0.1, 0.15) is 17.8 Å². The van der Waals surface area contributed by atoms with Gasteiger partial charge in [0.25, 0.3) is 0 Å². The number of nitrogens with two attached hydrogens (primary N) is 1. The minimum atomic E-state index is -0.382. The highest BCUT2D eigenvalue weighted by molar-refractivity contribution is 9.10. The third-order valence-corrected chi connectivity index (χ3v) is 3.59. The first-order chi connectivity index (χ1) is 11.1. The molecule has 0 bridgehead atoms. The second kappa shape index (κ2) is 6.62. The SMILES string of the molecule is Nc1c(Nc2cccc(Br)c2)ncnc1Nc1ccccc1F. The van der Waals surface area contributed by atoms with E-state index in [1.165, 1.54) is 12.4 Å². The summed E-state index contributed by atoms with van der Waals surface area (Å²) in [4.78, 5) is 8.20. The maximum absolute atomic E-state index is 13.7. The predicted octanol–water partition coefficient (Wildman–Crippen LogP) is 4.45. The molecule has 4 N–H and O–H groups in total. The van der Waals surface area contributed by atoms with Crippen molar-refractivity contribution in [2.24, 2.45) is 0 Å². The topological polar surface area (TPSA) is 75.9 Å². The summed E-state index contributed by atoms with van der Waals surface area (Å²) in [6.45, 7) is 0. The zero-order chi connectivity index (χ0) is 16.2. The number of rotatable bonds is 4. The zero-order valence-corrected chi connectivity index (χ0v) is 13.5. The van der Waals surface area contributed by atoms with Crippen molar-refractivity contribution >= 4 is 44.6 Å². The van der Waals surface area contributed by atoms with Crippen molar-refractivity contribution in [2.75, 3.05) is 16.4 Å². The minimum Gasteiger partial charge on any atom is -0.393 e. The Bertz CT molecular complexity index is 840. The number of hydrogen-bond acceptors (Lipinski definition) is 5. The molecule has 23 heavy (non-hydrogen) atoms. The van der Waals surface area contributed by atoms with Crippen LogP contribution in [0.5, 0.6) is 0 Å². The number of anilines is 5. The molecule has 1 heterocycles. The monoisotopic (exact) mass is 373 g/mol. The summed E-state index contributed by atoms with van der Waals surface area (Å²) < 4.78 is 14.7. The van der Waals surface area contributed by atoms with E-state index in [0.717, 1.165) is 10.2 Å². The third kappa shape index (κ3) is 3.57. The van der Waals surface area contributed by atoms with Crippen LogP contribution in [0.15, 0.2) is 59.3 Å². The summed E-state index contributed by atoms with van der Waals surface area (Å²) in [6, 6.07) is 13.9. The molecule has 0 spiro atoms. The molecule has 1 aromatic heterocycles. The van der Waals surface area contributed by atoms with Crippen molar-refractivity contribution in [3.8, 4) is 0 Å². The summed E-state index contributed by atoms with van der Waals surface area (Å²) in [5.74, 6) is 0.395. The highest BCUT2D eigenvalue weighted by Gasteiger charge is 2.10. The zero-order valence-electron chi connectivity index (χ0n) is 11.9. The highest BCUT2D eigenvalue weighted by atomic mass is 79.9. The first-order valence-corrected chi connectivity index (χ1v) is 7.57. The van der Waals surface area contributed by atoms with Crippen molar-refractivity contribution in [1.29, 1.82) is 0 Å². The second-order valence-corrected chi connectivity index (χ2v) is 5.64. The maximum Gasteiger partial charge on any atom is 0.159 e. The van der Waals surface area contributed by atoms with E-state index in [0.29, 0.717) is 23.0 Å². The van der Waals surface area contributed by atoms with Crippen LogP contribution in [0, 0.1) is 5.82 Å². The molecule has 0 amide bonds. The van der Waals surface area contributed by atoms with Crippen LogP contribution in [0.4, 0.5) is 33.1 Å². The molecule has 0 unspecified atom stereocenters. The van der Waals surface area contributed by atoms with Crippen LogP contribution in [-0.2, 0) is 0 Å². The Morgan fingerprint density at radius 3 is 2.43 bits per heavy atom. The molecule has 0 aliphatic carbocycles. The van der Waals surface area contributed by atoms with E-state index in [2.05, 4.69) is 36.5 Å². The van der Waals surface area contributed by atoms with E-state index in [1.807, 2.05) is 24.3 Å². The quantitative estimate of drug-likeness (QED) is 0.629. The number of nitrogen functional groups attached to an aromatic ring is 1. The molecule has 3 rings (SSSR count). The van der Waals surface area contributed by atoms with E-state index in [-0.39, 0.29) is 5.82 Å². The smallest absolute Gasteiger partial charge is 0.159 e. The van der Waals surface area contributed by atoms with E-state index in [1.54, 1.807) is 18.2 Å². The normalized spacial score (nSPS) is 10.3. The number of benzene rings is 2. The molecular formula is C16H13BrFN5. The molecule has 2 aromatic carbocycles. The Morgan fingerprint density at radius 1 is 0.957 bits per heavy atom. The fourth-order valence-corrected chi connectivity index (χ4v) is 2.39. The van der Waals surface area contributed by atoms with Crippen LogP contribution >= 0.6 is 15.9 Å². The predicted molar refractivity (Wildman–Crippen MR) is 93.6 cm³/mol. The van der Waals surface area contributed by atoms with Gasteiger partial charge in [-0.15, -0.1) is 0 Å². The standard InChI is InChI=1S/C16H13BrFN5/c17-10-4-3-5-11(8-10)22-15-14(19)16(21-9-20-15)23-13-7-2-1-6-12(13)18/h1-9H,19H2,(H2,20,21,22,23). The number of halogens is 2. The first-order valence-electron chi connectivity index (χ1n) is 6.78.